The van der Waals surface area contributed by atoms with Crippen LogP contribution < -0.4 is 16.0 Å². The Morgan fingerprint density at radius 3 is 1.29 bits per heavy atom. The Labute approximate surface area is 513 Å². The number of nitrogens with one attached hydrogen (secondary N) is 3. The van der Waals surface area contributed by atoms with Crippen LogP contribution in [0.4, 0.5) is 4.39 Å². The van der Waals surface area contributed by atoms with Crippen LogP contribution in [0.2, 0.25) is 0 Å². The zero-order chi connectivity index (χ0) is 66.4. The van der Waals surface area contributed by atoms with Crippen molar-refractivity contribution < 1.29 is 61.9 Å². The van der Waals surface area contributed by atoms with Gasteiger partial charge >= 0.3 is 0 Å². The van der Waals surface area contributed by atoms with Crippen LogP contribution in [0.1, 0.15) is 163 Å². The molecule has 0 radical (unpaired) electrons. The van der Waals surface area contributed by atoms with Crippen LogP contribution in [-0.2, 0) is 57.5 Å². The molecule has 0 saturated carbocycles. The third kappa shape index (κ3) is 19.6. The highest BCUT2D eigenvalue weighted by Crippen LogP contribution is 2.29. The number of halogens is 1. The molecule has 14 atom stereocenters. The van der Waals surface area contributed by atoms with Crippen LogP contribution in [0.5, 0.6) is 0 Å². The summed E-state index contributed by atoms with van der Waals surface area (Å²) in [5.41, 5.74) is 0. The predicted molar refractivity (Wildman–Crippen MR) is 328 cm³/mol. The first-order valence-electron chi connectivity index (χ1n) is 31.2. The molecular formula is C63H111FN10O12. The van der Waals surface area contributed by atoms with Crippen molar-refractivity contribution in [1.29, 1.82) is 0 Å². The molecule has 2 aliphatic rings. The van der Waals surface area contributed by atoms with Crippen LogP contribution in [0, 0.1) is 47.3 Å². The first-order valence-corrected chi connectivity index (χ1v) is 31.2. The lowest BCUT2D eigenvalue weighted by Gasteiger charge is -2.41. The van der Waals surface area contributed by atoms with Crippen molar-refractivity contribution >= 4 is 64.9 Å². The SMILES string of the molecule is CC[C@H]1NC(=O)[C@@H]([C@@H]2OCC[C@H]2C)N(C)C(=O)[C@@H](C(C)C)N(C)C(=O)[C@@H](CC(C)C)N(C)C(=O)[C@@H](CC(C)C)N(C)C(=O)[C@H](C)CC(=O)[C@@H](C)NC(=O)[C@@H](CC(C)C)N(C)C(=O)[C@@H](C(C)C)NC(=O)[C@H](CC(C)C)N(C)C(=O)[C@@H](C(C)F)N(C)C1=O. The fourth-order valence-electron chi connectivity index (χ4n) is 11.8. The van der Waals surface area contributed by atoms with E-state index in [0.29, 0.717) is 6.42 Å². The number of rotatable bonds is 13. The van der Waals surface area contributed by atoms with Gasteiger partial charge in [0.25, 0.3) is 0 Å². The van der Waals surface area contributed by atoms with Gasteiger partial charge in [0.1, 0.15) is 60.5 Å². The van der Waals surface area contributed by atoms with Crippen LogP contribution in [0.15, 0.2) is 0 Å². The molecule has 2 saturated heterocycles. The molecule has 2 rings (SSSR count). The summed E-state index contributed by atoms with van der Waals surface area (Å²) in [7, 11) is 9.83. The maximum absolute atomic E-state index is 16.2. The molecule has 0 aromatic carbocycles. The van der Waals surface area contributed by atoms with Crippen molar-refractivity contribution in [3.8, 4) is 0 Å². The molecule has 2 fully saturated rings. The minimum Gasteiger partial charge on any atom is -0.375 e. The number of hydrogen-bond donors (Lipinski definition) is 3. The second kappa shape index (κ2) is 33.6. The predicted octanol–water partition coefficient (Wildman–Crippen LogP) is 4.55. The topological polar surface area (TPSA) is 256 Å². The Balaban J connectivity index is 3.01. The van der Waals surface area contributed by atoms with Gasteiger partial charge in [-0.2, -0.15) is 0 Å². The van der Waals surface area contributed by atoms with Crippen molar-refractivity contribution in [3.05, 3.63) is 0 Å². The third-order valence-corrected chi connectivity index (χ3v) is 17.1. The molecule has 2 heterocycles. The van der Waals surface area contributed by atoms with Gasteiger partial charge in [0.15, 0.2) is 5.78 Å². The summed E-state index contributed by atoms with van der Waals surface area (Å²) in [6, 6.07) is -12.8. The molecule has 10 amide bonds. The summed E-state index contributed by atoms with van der Waals surface area (Å²) in [4.78, 5) is 170. The fourth-order valence-corrected chi connectivity index (χ4v) is 11.8. The molecule has 0 aliphatic carbocycles. The van der Waals surface area contributed by atoms with Gasteiger partial charge in [-0.1, -0.05) is 104 Å². The lowest BCUT2D eigenvalue weighted by Crippen LogP contribution is -2.64. The smallest absolute Gasteiger partial charge is 0.248 e. The largest absolute Gasteiger partial charge is 0.375 e. The Morgan fingerprint density at radius 2 is 0.872 bits per heavy atom. The van der Waals surface area contributed by atoms with Crippen molar-refractivity contribution in [3.63, 3.8) is 0 Å². The van der Waals surface area contributed by atoms with Crippen LogP contribution >= 0.6 is 0 Å². The van der Waals surface area contributed by atoms with E-state index in [9.17, 15) is 43.2 Å². The summed E-state index contributed by atoms with van der Waals surface area (Å²) in [6.07, 6.45) is -2.15. The van der Waals surface area contributed by atoms with E-state index in [1.54, 1.807) is 41.5 Å². The average Bonchev–Trinajstić information content (AvgIpc) is 2.74. The number of ketones is 1. The summed E-state index contributed by atoms with van der Waals surface area (Å²) in [5.74, 6) is -10.4. The van der Waals surface area contributed by atoms with E-state index >= 15 is 14.0 Å². The average molecular weight is 1220 g/mol. The van der Waals surface area contributed by atoms with Gasteiger partial charge in [0.05, 0.1) is 12.1 Å². The minimum absolute atomic E-state index is 0.0393. The number of carbonyl (C=O) groups excluding carboxylic acids is 11. The van der Waals surface area contributed by atoms with Crippen LogP contribution in [0.25, 0.3) is 0 Å². The molecule has 2 aliphatic heterocycles. The van der Waals surface area contributed by atoms with E-state index in [4.69, 9.17) is 4.74 Å². The minimum atomic E-state index is -2.01. The second-order valence-electron chi connectivity index (χ2n) is 27.1. The Morgan fingerprint density at radius 1 is 0.465 bits per heavy atom. The third-order valence-electron chi connectivity index (χ3n) is 17.1. The zero-order valence-electron chi connectivity index (χ0n) is 56.6. The van der Waals surface area contributed by atoms with Crippen molar-refractivity contribution in [2.24, 2.45) is 47.3 Å². The van der Waals surface area contributed by atoms with Gasteiger partial charge in [-0.25, -0.2) is 4.39 Å². The molecule has 0 aromatic heterocycles. The highest BCUT2D eigenvalue weighted by Gasteiger charge is 2.48. The van der Waals surface area contributed by atoms with Crippen LogP contribution in [-0.4, -0.2) is 228 Å². The van der Waals surface area contributed by atoms with Crippen molar-refractivity contribution in [1.82, 2.24) is 50.2 Å². The summed E-state index contributed by atoms with van der Waals surface area (Å²) in [6.45, 7) is 29.7. The molecule has 0 spiro atoms. The zero-order valence-corrected chi connectivity index (χ0v) is 56.6. The normalized spacial score (nSPS) is 29.9. The van der Waals surface area contributed by atoms with Gasteiger partial charge in [-0.15, -0.1) is 0 Å². The summed E-state index contributed by atoms with van der Waals surface area (Å²) < 4.78 is 22.3. The first kappa shape index (κ1) is 76.4. The lowest BCUT2D eigenvalue weighted by atomic mass is 9.93. The number of alkyl halides is 1. The standard InChI is InChI=1S/C63H111FN10O12/c1-25-43-58(80)73(23)51(41(16)64)63(85)69(19)45(29-34(4)5)55(77)67-49(37(10)11)61(83)68(18)44(28-33(2)3)54(76)65-42(17)48(75)32-40(15)57(79)70(20)46(30-35(6)7)59(81)71(21)47(31-36(8)9)60(82)72(22)50(38(12)13)62(84)74(24)52(56(78)66-43)53-39(14)26-27-86-53/h33-47,49-53H,25-32H2,1-24H3,(H,65,76)(H,66,78)(H,67,77)/t39-,40-,41?,42-,43-,44-,45+,46-,47-,49-,50-,51-,52-,53-/m1/s1. The molecule has 0 aromatic rings. The molecule has 1 unspecified atom stereocenters. The van der Waals surface area contributed by atoms with E-state index in [1.807, 2.05) is 62.3 Å². The number of ether oxygens (including phenoxy) is 1. The number of hydrogen-bond acceptors (Lipinski definition) is 12. The quantitative estimate of drug-likeness (QED) is 0.230. The first-order chi connectivity index (χ1) is 39.7. The van der Waals surface area contributed by atoms with Gasteiger partial charge in [0.2, 0.25) is 59.1 Å². The Hall–Kier alpha value is -5.74. The maximum Gasteiger partial charge on any atom is 0.248 e. The monoisotopic (exact) mass is 1220 g/mol. The molecule has 0 bridgehead atoms. The molecular weight excluding hydrogens is 1110 g/mol. The molecule has 23 heteroatoms. The number of carbonyl (C=O) groups is 11. The number of nitrogens with zero attached hydrogens (tertiary/aromatic N) is 7. The molecule has 492 valence electrons. The Kier molecular flexibility index (Phi) is 29.8. The van der Waals surface area contributed by atoms with E-state index in [2.05, 4.69) is 16.0 Å². The van der Waals surface area contributed by atoms with Crippen molar-refractivity contribution in [2.45, 2.75) is 235 Å². The van der Waals surface area contributed by atoms with Crippen LogP contribution in [0.3, 0.4) is 0 Å². The highest BCUT2D eigenvalue weighted by atomic mass is 19.1. The number of Topliss-reactive ketones (excluding diaryl/α,β-unsaturated/α-hetero) is 1. The molecule has 3 N–H and O–H groups in total. The van der Waals surface area contributed by atoms with Gasteiger partial charge < -0.3 is 55.0 Å². The second-order valence-corrected chi connectivity index (χ2v) is 27.1. The molecule has 86 heavy (non-hydrogen) atoms. The Bertz CT molecular complexity index is 2370. The summed E-state index contributed by atoms with van der Waals surface area (Å²) in [5, 5.41) is 8.37. The maximum atomic E-state index is 16.2. The highest BCUT2D eigenvalue weighted by molar-refractivity contribution is 6.00. The van der Waals surface area contributed by atoms with Gasteiger partial charge in [-0.3, -0.25) is 52.7 Å². The van der Waals surface area contributed by atoms with Gasteiger partial charge in [-0.05, 0) is 93.8 Å². The number of amides is 10. The number of likely N-dealkylation sites (N-methyl/N-ethyl adjacent to an activating group) is 7. The lowest BCUT2D eigenvalue weighted by molar-refractivity contribution is -0.157. The van der Waals surface area contributed by atoms with Crippen molar-refractivity contribution in [2.75, 3.05) is 55.9 Å². The van der Waals surface area contributed by atoms with Gasteiger partial charge in [0, 0.05) is 68.3 Å². The van der Waals surface area contributed by atoms with E-state index < -0.39 is 155 Å². The summed E-state index contributed by atoms with van der Waals surface area (Å²) >= 11 is 0. The van der Waals surface area contributed by atoms with E-state index in [-0.39, 0.29) is 74.7 Å². The molecule has 22 nitrogen and oxygen atoms in total. The van der Waals surface area contributed by atoms with E-state index in [0.717, 1.165) is 16.7 Å². The van der Waals surface area contributed by atoms with E-state index in [1.165, 1.54) is 80.8 Å². The fraction of sp³-hybridized carbons (Fsp3) is 0.825.